The largest absolute Gasteiger partial charge is 0.348 e. The van der Waals surface area contributed by atoms with Crippen LogP contribution >= 0.6 is 0 Å². The highest BCUT2D eigenvalue weighted by atomic mass is 16.6. The average Bonchev–Trinajstić information content (AvgIpc) is 2.54. The van der Waals surface area contributed by atoms with Gasteiger partial charge < -0.3 is 15.6 Å². The number of fused-ring (bicyclic) bond motifs is 1. The number of aromatic amines is 1. The molecule has 23 heavy (non-hydrogen) atoms. The lowest BCUT2D eigenvalue weighted by Gasteiger charge is -2.24. The Morgan fingerprint density at radius 2 is 2.17 bits per heavy atom. The number of H-pyrrole nitrogens is 1. The molecule has 2 heterocycles. The summed E-state index contributed by atoms with van der Waals surface area (Å²) in [6.45, 7) is 1.60. The van der Waals surface area contributed by atoms with E-state index in [2.05, 4.69) is 15.6 Å². The minimum absolute atomic E-state index is 0.00992. The van der Waals surface area contributed by atoms with Crippen molar-refractivity contribution < 1.29 is 9.72 Å². The molecule has 1 aromatic carbocycles. The summed E-state index contributed by atoms with van der Waals surface area (Å²) in [5.74, 6) is -0.393. The quantitative estimate of drug-likeness (QED) is 0.575. The van der Waals surface area contributed by atoms with Crippen LogP contribution in [0, 0.1) is 10.1 Å². The summed E-state index contributed by atoms with van der Waals surface area (Å²) < 4.78 is 0. The molecule has 0 bridgehead atoms. The van der Waals surface area contributed by atoms with E-state index in [1.54, 1.807) is 0 Å². The molecule has 8 heteroatoms. The molecule has 1 aliphatic rings. The topological polar surface area (TPSA) is 117 Å². The highest BCUT2D eigenvalue weighted by molar-refractivity contribution is 6.06. The number of nitrogens with zero attached hydrogens (tertiary/aromatic N) is 1. The van der Waals surface area contributed by atoms with Gasteiger partial charge >= 0.3 is 0 Å². The predicted octanol–water partition coefficient (Wildman–Crippen LogP) is 0.918. The van der Waals surface area contributed by atoms with E-state index >= 15 is 0 Å². The lowest BCUT2D eigenvalue weighted by atomic mass is 10.0. The summed E-state index contributed by atoms with van der Waals surface area (Å²) in [7, 11) is 0. The smallest absolute Gasteiger partial charge is 0.270 e. The van der Waals surface area contributed by atoms with Crippen molar-refractivity contribution in [3.8, 4) is 0 Å². The number of rotatable bonds is 3. The minimum atomic E-state index is -0.530. The molecule has 0 radical (unpaired) electrons. The van der Waals surface area contributed by atoms with Gasteiger partial charge in [-0.05, 0) is 25.5 Å². The molecular formula is C15H16N4O4. The third-order valence-corrected chi connectivity index (χ3v) is 3.91. The first kappa shape index (κ1) is 15.2. The first-order valence-electron chi connectivity index (χ1n) is 7.37. The second-order valence-electron chi connectivity index (χ2n) is 5.55. The Balaban J connectivity index is 2.00. The summed E-state index contributed by atoms with van der Waals surface area (Å²) in [5, 5.41) is 17.4. The number of pyridine rings is 1. The zero-order chi connectivity index (χ0) is 16.4. The van der Waals surface area contributed by atoms with Crippen molar-refractivity contribution in [2.24, 2.45) is 0 Å². The van der Waals surface area contributed by atoms with Crippen LogP contribution in [0.25, 0.3) is 10.9 Å². The van der Waals surface area contributed by atoms with E-state index in [0.29, 0.717) is 17.4 Å². The second kappa shape index (κ2) is 6.17. The van der Waals surface area contributed by atoms with Gasteiger partial charge in [-0.25, -0.2) is 0 Å². The molecule has 1 fully saturated rings. The number of nitrogens with one attached hydrogen (secondary N) is 3. The fourth-order valence-electron chi connectivity index (χ4n) is 2.78. The average molecular weight is 316 g/mol. The van der Waals surface area contributed by atoms with Crippen LogP contribution in [-0.2, 0) is 0 Å². The summed E-state index contributed by atoms with van der Waals surface area (Å²) in [5.41, 5.74) is 0.00393. The van der Waals surface area contributed by atoms with Crippen molar-refractivity contribution in [2.45, 2.75) is 18.9 Å². The highest BCUT2D eigenvalue weighted by Gasteiger charge is 2.19. The maximum atomic E-state index is 12.5. The van der Waals surface area contributed by atoms with Crippen LogP contribution in [0.2, 0.25) is 0 Å². The fraction of sp³-hybridized carbons (Fsp3) is 0.333. The number of hydrogen-bond donors (Lipinski definition) is 3. The molecule has 1 aromatic heterocycles. The molecular weight excluding hydrogens is 300 g/mol. The van der Waals surface area contributed by atoms with Crippen LogP contribution in [0.5, 0.6) is 0 Å². The molecule has 0 saturated carbocycles. The van der Waals surface area contributed by atoms with Crippen LogP contribution < -0.4 is 16.2 Å². The molecule has 3 rings (SSSR count). The number of hydrogen-bond acceptors (Lipinski definition) is 5. The van der Waals surface area contributed by atoms with Gasteiger partial charge in [0.25, 0.3) is 11.6 Å². The molecule has 1 amide bonds. The molecule has 3 N–H and O–H groups in total. The van der Waals surface area contributed by atoms with Gasteiger partial charge in [0.15, 0.2) is 0 Å². The maximum absolute atomic E-state index is 12.5. The zero-order valence-corrected chi connectivity index (χ0v) is 12.3. The Morgan fingerprint density at radius 3 is 2.87 bits per heavy atom. The van der Waals surface area contributed by atoms with Crippen LogP contribution in [0.4, 0.5) is 5.69 Å². The number of aromatic nitrogens is 1. The molecule has 1 atom stereocenters. The highest BCUT2D eigenvalue weighted by Crippen LogP contribution is 2.21. The van der Waals surface area contributed by atoms with E-state index in [0.717, 1.165) is 19.4 Å². The van der Waals surface area contributed by atoms with E-state index in [4.69, 9.17) is 0 Å². The van der Waals surface area contributed by atoms with Gasteiger partial charge in [-0.15, -0.1) is 0 Å². The van der Waals surface area contributed by atoms with Gasteiger partial charge in [0, 0.05) is 41.7 Å². The number of piperidine rings is 1. The normalized spacial score (nSPS) is 17.8. The van der Waals surface area contributed by atoms with Gasteiger partial charge in [0.05, 0.1) is 10.5 Å². The lowest BCUT2D eigenvalue weighted by Crippen LogP contribution is -2.45. The van der Waals surface area contributed by atoms with Gasteiger partial charge in [-0.1, -0.05) is 0 Å². The fourth-order valence-corrected chi connectivity index (χ4v) is 2.78. The first-order valence-corrected chi connectivity index (χ1v) is 7.37. The van der Waals surface area contributed by atoms with Crippen molar-refractivity contribution >= 4 is 22.5 Å². The minimum Gasteiger partial charge on any atom is -0.348 e. The van der Waals surface area contributed by atoms with Gasteiger partial charge in [0.1, 0.15) is 0 Å². The van der Waals surface area contributed by atoms with E-state index in [-0.39, 0.29) is 17.3 Å². The lowest BCUT2D eigenvalue weighted by molar-refractivity contribution is -0.384. The number of nitro benzene ring substituents is 1. The summed E-state index contributed by atoms with van der Waals surface area (Å²) in [4.78, 5) is 37.2. The molecule has 0 aliphatic carbocycles. The molecule has 8 nitrogen and oxygen atoms in total. The van der Waals surface area contributed by atoms with Crippen LogP contribution in [0.15, 0.2) is 29.1 Å². The van der Waals surface area contributed by atoms with Gasteiger partial charge in [-0.3, -0.25) is 19.7 Å². The summed E-state index contributed by atoms with van der Waals surface area (Å²) in [6.07, 6.45) is 1.83. The first-order chi connectivity index (χ1) is 11.0. The van der Waals surface area contributed by atoms with E-state index in [1.807, 2.05) is 0 Å². The summed E-state index contributed by atoms with van der Waals surface area (Å²) >= 11 is 0. The molecule has 1 saturated heterocycles. The van der Waals surface area contributed by atoms with Crippen LogP contribution in [0.1, 0.15) is 23.2 Å². The monoisotopic (exact) mass is 316 g/mol. The molecule has 1 aliphatic heterocycles. The van der Waals surface area contributed by atoms with Crippen molar-refractivity contribution in [3.05, 3.63) is 50.3 Å². The van der Waals surface area contributed by atoms with Crippen LogP contribution in [-0.4, -0.2) is 34.9 Å². The molecule has 0 spiro atoms. The van der Waals surface area contributed by atoms with Crippen molar-refractivity contribution in [1.29, 1.82) is 0 Å². The molecule has 120 valence electrons. The Morgan fingerprint density at radius 1 is 1.35 bits per heavy atom. The van der Waals surface area contributed by atoms with Crippen LogP contribution in [0.3, 0.4) is 0 Å². The standard InChI is InChI=1S/C15H16N4O4/c20-14-7-12(15(21)17-9-2-1-5-16-8-9)11-6-10(19(22)23)3-4-13(11)18-14/h3-4,6-7,9,16H,1-2,5,8H2,(H,17,21)(H,18,20). The predicted molar refractivity (Wildman–Crippen MR) is 84.6 cm³/mol. The molecule has 2 aromatic rings. The molecule has 1 unspecified atom stereocenters. The third kappa shape index (κ3) is 3.21. The SMILES string of the molecule is O=C(NC1CCCNC1)c1cc(=O)[nH]c2ccc([N+](=O)[O-])cc12. The number of carbonyl (C=O) groups is 1. The number of non-ortho nitro benzene ring substituents is 1. The number of nitro groups is 1. The van der Waals surface area contributed by atoms with Crippen molar-refractivity contribution in [1.82, 2.24) is 15.6 Å². The van der Waals surface area contributed by atoms with E-state index in [9.17, 15) is 19.7 Å². The second-order valence-corrected chi connectivity index (χ2v) is 5.55. The van der Waals surface area contributed by atoms with Gasteiger partial charge in [-0.2, -0.15) is 0 Å². The van der Waals surface area contributed by atoms with Crippen molar-refractivity contribution in [2.75, 3.05) is 13.1 Å². The maximum Gasteiger partial charge on any atom is 0.270 e. The van der Waals surface area contributed by atoms with Gasteiger partial charge in [0.2, 0.25) is 5.56 Å². The Labute approximate surface area is 131 Å². The third-order valence-electron chi connectivity index (χ3n) is 3.91. The Kier molecular flexibility index (Phi) is 4.07. The van der Waals surface area contributed by atoms with E-state index < -0.39 is 16.4 Å². The number of amides is 1. The Hall–Kier alpha value is -2.74. The van der Waals surface area contributed by atoms with E-state index in [1.165, 1.54) is 24.3 Å². The summed E-state index contributed by atoms with van der Waals surface area (Å²) in [6, 6.07) is 5.21. The zero-order valence-electron chi connectivity index (χ0n) is 12.3. The Bertz CT molecular complexity index is 824. The number of carbonyl (C=O) groups excluding carboxylic acids is 1. The number of benzene rings is 1. The van der Waals surface area contributed by atoms with Crippen molar-refractivity contribution in [3.63, 3.8) is 0 Å².